The van der Waals surface area contributed by atoms with Crippen LogP contribution in [0.15, 0.2) is 18.3 Å². The lowest BCUT2D eigenvalue weighted by atomic mass is 10.1. The number of halogens is 4. The van der Waals surface area contributed by atoms with Crippen LogP contribution in [-0.2, 0) is 17.6 Å². The van der Waals surface area contributed by atoms with Crippen LogP contribution >= 0.6 is 0 Å². The molecule has 8 heteroatoms. The van der Waals surface area contributed by atoms with Crippen molar-refractivity contribution < 1.29 is 22.3 Å². The zero-order chi connectivity index (χ0) is 16.5. The number of hydrogen-bond acceptors (Lipinski definition) is 2. The molecular formula is C14H18F4N2OSi. The number of hydrogen-bond donors (Lipinski definition) is 0. The third-order valence-electron chi connectivity index (χ3n) is 3.27. The molecule has 0 aliphatic carbocycles. The molecule has 0 aliphatic heterocycles. The van der Waals surface area contributed by atoms with Crippen LogP contribution < -0.4 is 0 Å². The number of aromatic nitrogens is 2. The van der Waals surface area contributed by atoms with Crippen molar-refractivity contribution in [3.05, 3.63) is 29.7 Å². The summed E-state index contributed by atoms with van der Waals surface area (Å²) in [5, 5.41) is 3.63. The molecule has 0 unspecified atom stereocenters. The van der Waals surface area contributed by atoms with Crippen LogP contribution in [0.1, 0.15) is 5.56 Å². The zero-order valence-corrected chi connectivity index (χ0v) is 13.7. The van der Waals surface area contributed by atoms with Crippen molar-refractivity contribution in [1.29, 1.82) is 0 Å². The van der Waals surface area contributed by atoms with E-state index >= 15 is 0 Å². The van der Waals surface area contributed by atoms with Gasteiger partial charge in [0.25, 0.3) is 0 Å². The third-order valence-corrected chi connectivity index (χ3v) is 4.97. The second-order valence-electron chi connectivity index (χ2n) is 6.35. The minimum Gasteiger partial charge on any atom is -0.360 e. The first kappa shape index (κ1) is 16.9. The molecule has 22 heavy (non-hydrogen) atoms. The Morgan fingerprint density at radius 2 is 1.91 bits per heavy atom. The summed E-state index contributed by atoms with van der Waals surface area (Å²) in [5.74, 6) is -1.29. The van der Waals surface area contributed by atoms with Crippen molar-refractivity contribution in [3.63, 3.8) is 0 Å². The molecule has 0 fully saturated rings. The van der Waals surface area contributed by atoms with Gasteiger partial charge in [-0.2, -0.15) is 18.3 Å². The van der Waals surface area contributed by atoms with E-state index in [9.17, 15) is 17.6 Å². The number of fused-ring (bicyclic) bond motifs is 1. The molecule has 2 aromatic rings. The van der Waals surface area contributed by atoms with E-state index in [1.165, 1.54) is 10.7 Å². The van der Waals surface area contributed by atoms with Gasteiger partial charge >= 0.3 is 6.18 Å². The highest BCUT2D eigenvalue weighted by atomic mass is 28.3. The van der Waals surface area contributed by atoms with Gasteiger partial charge < -0.3 is 4.74 Å². The van der Waals surface area contributed by atoms with E-state index in [4.69, 9.17) is 4.74 Å². The quantitative estimate of drug-likeness (QED) is 0.457. The second-order valence-corrected chi connectivity index (χ2v) is 12.0. The van der Waals surface area contributed by atoms with Gasteiger partial charge in [0, 0.05) is 20.1 Å². The fourth-order valence-corrected chi connectivity index (χ4v) is 2.80. The molecule has 0 bridgehead atoms. The van der Waals surface area contributed by atoms with Crippen molar-refractivity contribution in [3.8, 4) is 0 Å². The van der Waals surface area contributed by atoms with E-state index in [2.05, 4.69) is 24.7 Å². The molecule has 3 nitrogen and oxygen atoms in total. The Morgan fingerprint density at radius 3 is 2.50 bits per heavy atom. The fourth-order valence-electron chi connectivity index (χ4n) is 2.05. The first-order valence-electron chi connectivity index (χ1n) is 6.88. The first-order chi connectivity index (χ1) is 10.1. The van der Waals surface area contributed by atoms with Crippen molar-refractivity contribution in [2.75, 3.05) is 6.61 Å². The monoisotopic (exact) mass is 334 g/mol. The lowest BCUT2D eigenvalue weighted by molar-refractivity contribution is -0.138. The van der Waals surface area contributed by atoms with Crippen LogP contribution in [0.2, 0.25) is 25.7 Å². The summed E-state index contributed by atoms with van der Waals surface area (Å²) in [4.78, 5) is 0. The minimum absolute atomic E-state index is 0.0525. The van der Waals surface area contributed by atoms with Gasteiger partial charge in [-0.1, -0.05) is 19.6 Å². The van der Waals surface area contributed by atoms with Crippen LogP contribution in [0.4, 0.5) is 17.6 Å². The molecule has 0 aliphatic rings. The van der Waals surface area contributed by atoms with E-state index in [0.717, 1.165) is 18.3 Å². The van der Waals surface area contributed by atoms with Crippen LogP contribution in [0.25, 0.3) is 10.9 Å². The summed E-state index contributed by atoms with van der Waals surface area (Å²) in [6.45, 7) is 7.20. The van der Waals surface area contributed by atoms with Gasteiger partial charge in [0.15, 0.2) is 0 Å². The lowest BCUT2D eigenvalue weighted by Gasteiger charge is -2.15. The smallest absolute Gasteiger partial charge is 0.360 e. The first-order valence-corrected chi connectivity index (χ1v) is 10.6. The van der Waals surface area contributed by atoms with E-state index in [-0.39, 0.29) is 17.6 Å². The Hall–Kier alpha value is -1.41. The highest BCUT2D eigenvalue weighted by molar-refractivity contribution is 6.76. The summed E-state index contributed by atoms with van der Waals surface area (Å²) >= 11 is 0. The van der Waals surface area contributed by atoms with Crippen LogP contribution in [-0.4, -0.2) is 24.5 Å². The van der Waals surface area contributed by atoms with Crippen LogP contribution in [0, 0.1) is 5.82 Å². The zero-order valence-electron chi connectivity index (χ0n) is 12.7. The predicted molar refractivity (Wildman–Crippen MR) is 78.8 cm³/mol. The summed E-state index contributed by atoms with van der Waals surface area (Å²) in [7, 11) is -1.23. The molecular weight excluding hydrogens is 316 g/mol. The predicted octanol–water partition coefficient (Wildman–Crippen LogP) is 4.51. The summed E-state index contributed by atoms with van der Waals surface area (Å²) < 4.78 is 59.0. The molecule has 0 N–H and O–H groups in total. The number of alkyl halides is 3. The molecule has 1 aromatic heterocycles. The van der Waals surface area contributed by atoms with Gasteiger partial charge in [0.05, 0.1) is 11.7 Å². The summed E-state index contributed by atoms with van der Waals surface area (Å²) in [5.41, 5.74) is -1.07. The lowest BCUT2D eigenvalue weighted by Crippen LogP contribution is -2.22. The standard InChI is InChI=1S/C14H18F4N2OSi/c1-22(2,3)7-6-21-9-20-12-5-4-11(15)13(14(16,17)18)10(12)8-19-20/h4-5,8H,6-7,9H2,1-3H3. The van der Waals surface area contributed by atoms with E-state index in [1.54, 1.807) is 0 Å². The molecule has 122 valence electrons. The Bertz CT molecular complexity index is 661. The van der Waals surface area contributed by atoms with E-state index in [0.29, 0.717) is 6.61 Å². The topological polar surface area (TPSA) is 27.1 Å². The molecule has 1 heterocycles. The molecule has 0 amide bonds. The molecule has 1 aromatic carbocycles. The SMILES string of the molecule is C[Si](C)(C)CCOCn1ncc2c(C(F)(F)F)c(F)ccc21. The Balaban J connectivity index is 2.20. The van der Waals surface area contributed by atoms with Crippen molar-refractivity contribution in [2.45, 2.75) is 38.6 Å². The molecule has 0 spiro atoms. The van der Waals surface area contributed by atoms with Crippen LogP contribution in [0.5, 0.6) is 0 Å². The largest absolute Gasteiger partial charge is 0.419 e. The maximum atomic E-state index is 13.5. The van der Waals surface area contributed by atoms with E-state index < -0.39 is 25.6 Å². The molecule has 0 atom stereocenters. The maximum absolute atomic E-state index is 13.5. The molecule has 0 saturated carbocycles. The van der Waals surface area contributed by atoms with Crippen molar-refractivity contribution in [2.24, 2.45) is 0 Å². The van der Waals surface area contributed by atoms with E-state index in [1.807, 2.05) is 0 Å². The van der Waals surface area contributed by atoms with Gasteiger partial charge in [0.1, 0.15) is 18.1 Å². The summed E-state index contributed by atoms with van der Waals surface area (Å²) in [6.07, 6.45) is -3.72. The molecule has 2 rings (SSSR count). The molecule has 0 radical (unpaired) electrons. The highest BCUT2D eigenvalue weighted by Gasteiger charge is 2.36. The second kappa shape index (κ2) is 6.00. The Kier molecular flexibility index (Phi) is 4.62. The molecule has 0 saturated heterocycles. The van der Waals surface area contributed by atoms with Crippen LogP contribution in [0.3, 0.4) is 0 Å². The van der Waals surface area contributed by atoms with Gasteiger partial charge in [-0.15, -0.1) is 0 Å². The van der Waals surface area contributed by atoms with Crippen molar-refractivity contribution >= 4 is 19.0 Å². The number of nitrogens with zero attached hydrogens (tertiary/aromatic N) is 2. The Morgan fingerprint density at radius 1 is 1.23 bits per heavy atom. The van der Waals surface area contributed by atoms with Gasteiger partial charge in [0.2, 0.25) is 0 Å². The highest BCUT2D eigenvalue weighted by Crippen LogP contribution is 2.36. The fraction of sp³-hybridized carbons (Fsp3) is 0.500. The maximum Gasteiger partial charge on any atom is 0.419 e. The van der Waals surface area contributed by atoms with Crippen molar-refractivity contribution in [1.82, 2.24) is 9.78 Å². The normalized spacial score (nSPS) is 13.0. The average molecular weight is 334 g/mol. The number of rotatable bonds is 5. The number of benzene rings is 1. The minimum atomic E-state index is -4.75. The average Bonchev–Trinajstić information content (AvgIpc) is 2.74. The van der Waals surface area contributed by atoms with Gasteiger partial charge in [-0.3, -0.25) is 0 Å². The summed E-state index contributed by atoms with van der Waals surface area (Å²) in [6, 6.07) is 3.05. The number of ether oxygens (including phenoxy) is 1. The Labute approximate surface area is 126 Å². The van der Waals surface area contributed by atoms with Gasteiger partial charge in [-0.25, -0.2) is 9.07 Å². The van der Waals surface area contributed by atoms with Gasteiger partial charge in [-0.05, 0) is 18.2 Å². The third kappa shape index (κ3) is 3.86.